The molecule has 2 rings (SSSR count). The van der Waals surface area contributed by atoms with E-state index in [4.69, 9.17) is 9.47 Å². The van der Waals surface area contributed by atoms with Crippen LogP contribution in [-0.4, -0.2) is 32.4 Å². The fraction of sp³-hybridized carbons (Fsp3) is 0.500. The monoisotopic (exact) mass is 277 g/mol. The fourth-order valence-electron chi connectivity index (χ4n) is 1.70. The van der Waals surface area contributed by atoms with Gasteiger partial charge >= 0.3 is 6.36 Å². The molecule has 0 aliphatic carbocycles. The first-order valence-corrected chi connectivity index (χ1v) is 5.82. The van der Waals surface area contributed by atoms with Crippen LogP contribution in [0.3, 0.4) is 0 Å². The zero-order chi connectivity index (χ0) is 13.7. The minimum atomic E-state index is -4.68. The molecular weight excluding hydrogens is 263 g/mol. The summed E-state index contributed by atoms with van der Waals surface area (Å²) >= 11 is 0. The Morgan fingerprint density at radius 3 is 2.89 bits per heavy atom. The minimum Gasteiger partial charge on any atom is -0.406 e. The first kappa shape index (κ1) is 14.0. The first-order valence-electron chi connectivity index (χ1n) is 5.82. The summed E-state index contributed by atoms with van der Waals surface area (Å²) in [5.41, 5.74) is 0.553. The highest BCUT2D eigenvalue weighted by molar-refractivity contribution is 5.48. The van der Waals surface area contributed by atoms with Gasteiger partial charge in [0.15, 0.2) is 0 Å². The zero-order valence-electron chi connectivity index (χ0n) is 10.1. The lowest BCUT2D eigenvalue weighted by Gasteiger charge is -2.23. The largest absolute Gasteiger partial charge is 0.573 e. The SMILES string of the molecule is FC(F)(F)Oc1cccc(NCC2CCOCO2)c1. The normalized spacial score (nSPS) is 20.1. The van der Waals surface area contributed by atoms with Gasteiger partial charge in [0, 0.05) is 18.3 Å². The topological polar surface area (TPSA) is 39.7 Å². The number of benzene rings is 1. The van der Waals surface area contributed by atoms with Gasteiger partial charge in [-0.3, -0.25) is 0 Å². The Labute approximate surface area is 108 Å². The predicted octanol–water partition coefficient (Wildman–Crippen LogP) is 2.76. The van der Waals surface area contributed by atoms with Gasteiger partial charge in [-0.05, 0) is 18.6 Å². The Balaban J connectivity index is 1.87. The lowest BCUT2D eigenvalue weighted by Crippen LogP contribution is -2.30. The highest BCUT2D eigenvalue weighted by Crippen LogP contribution is 2.25. The number of ether oxygens (including phenoxy) is 3. The van der Waals surface area contributed by atoms with E-state index in [-0.39, 0.29) is 18.6 Å². The summed E-state index contributed by atoms with van der Waals surface area (Å²) < 4.78 is 50.4. The molecule has 106 valence electrons. The third-order valence-corrected chi connectivity index (χ3v) is 2.57. The van der Waals surface area contributed by atoms with E-state index in [9.17, 15) is 13.2 Å². The number of hydrogen-bond donors (Lipinski definition) is 1. The van der Waals surface area contributed by atoms with E-state index in [1.807, 2.05) is 0 Å². The molecule has 1 N–H and O–H groups in total. The van der Waals surface area contributed by atoms with E-state index < -0.39 is 6.36 Å². The van der Waals surface area contributed by atoms with E-state index in [2.05, 4.69) is 10.1 Å². The van der Waals surface area contributed by atoms with Crippen molar-refractivity contribution in [2.24, 2.45) is 0 Å². The van der Waals surface area contributed by atoms with Crippen molar-refractivity contribution in [1.29, 1.82) is 0 Å². The Morgan fingerprint density at radius 1 is 1.37 bits per heavy atom. The predicted molar refractivity (Wildman–Crippen MR) is 61.9 cm³/mol. The summed E-state index contributed by atoms with van der Waals surface area (Å²) in [5.74, 6) is -0.245. The lowest BCUT2D eigenvalue weighted by atomic mass is 10.2. The molecule has 7 heteroatoms. The van der Waals surface area contributed by atoms with Crippen molar-refractivity contribution in [3.8, 4) is 5.75 Å². The molecule has 0 spiro atoms. The number of nitrogens with one attached hydrogen (secondary N) is 1. The Bertz CT molecular complexity index is 405. The number of rotatable bonds is 4. The molecule has 1 atom stereocenters. The summed E-state index contributed by atoms with van der Waals surface area (Å²) in [7, 11) is 0. The van der Waals surface area contributed by atoms with Crippen LogP contribution in [0.15, 0.2) is 24.3 Å². The molecule has 0 amide bonds. The molecule has 1 unspecified atom stereocenters. The van der Waals surface area contributed by atoms with Gasteiger partial charge in [-0.1, -0.05) is 6.07 Å². The maximum atomic E-state index is 12.1. The quantitative estimate of drug-likeness (QED) is 0.918. The van der Waals surface area contributed by atoms with E-state index in [0.29, 0.717) is 18.8 Å². The van der Waals surface area contributed by atoms with Crippen LogP contribution in [0.4, 0.5) is 18.9 Å². The van der Waals surface area contributed by atoms with Crippen molar-refractivity contribution >= 4 is 5.69 Å². The van der Waals surface area contributed by atoms with Crippen molar-refractivity contribution in [2.75, 3.05) is 25.3 Å². The van der Waals surface area contributed by atoms with Gasteiger partial charge in [0.05, 0.1) is 12.7 Å². The molecule has 0 bridgehead atoms. The minimum absolute atomic E-state index is 0.000871. The number of anilines is 1. The molecule has 1 aromatic rings. The van der Waals surface area contributed by atoms with Crippen LogP contribution >= 0.6 is 0 Å². The van der Waals surface area contributed by atoms with Crippen LogP contribution in [-0.2, 0) is 9.47 Å². The highest BCUT2D eigenvalue weighted by atomic mass is 19.4. The smallest absolute Gasteiger partial charge is 0.406 e. The second-order valence-corrected chi connectivity index (χ2v) is 4.06. The molecule has 1 aliphatic heterocycles. The van der Waals surface area contributed by atoms with E-state index in [1.54, 1.807) is 6.07 Å². The molecular formula is C12H14F3NO3. The van der Waals surface area contributed by atoms with Gasteiger partial charge in [-0.2, -0.15) is 0 Å². The number of alkyl halides is 3. The molecule has 0 saturated carbocycles. The maximum Gasteiger partial charge on any atom is 0.573 e. The molecule has 1 aliphatic rings. The lowest BCUT2D eigenvalue weighted by molar-refractivity contribution is -0.274. The summed E-state index contributed by atoms with van der Waals surface area (Å²) in [5, 5.41) is 3.01. The van der Waals surface area contributed by atoms with E-state index >= 15 is 0 Å². The van der Waals surface area contributed by atoms with Gasteiger partial charge in [-0.25, -0.2) is 0 Å². The molecule has 1 heterocycles. The van der Waals surface area contributed by atoms with Crippen LogP contribution in [0.2, 0.25) is 0 Å². The number of hydrogen-bond acceptors (Lipinski definition) is 4. The summed E-state index contributed by atoms with van der Waals surface area (Å²) in [6.45, 7) is 1.39. The first-order chi connectivity index (χ1) is 9.03. The van der Waals surface area contributed by atoms with Crippen molar-refractivity contribution in [3.05, 3.63) is 24.3 Å². The second kappa shape index (κ2) is 6.12. The van der Waals surface area contributed by atoms with Gasteiger partial charge in [0.25, 0.3) is 0 Å². The van der Waals surface area contributed by atoms with Crippen LogP contribution in [0.25, 0.3) is 0 Å². The molecule has 1 saturated heterocycles. The van der Waals surface area contributed by atoms with Crippen molar-refractivity contribution < 1.29 is 27.4 Å². The number of halogens is 3. The third kappa shape index (κ3) is 4.96. The van der Waals surface area contributed by atoms with Gasteiger partial charge in [0.2, 0.25) is 0 Å². The van der Waals surface area contributed by atoms with Crippen LogP contribution in [0, 0.1) is 0 Å². The second-order valence-electron chi connectivity index (χ2n) is 4.06. The molecule has 4 nitrogen and oxygen atoms in total. The van der Waals surface area contributed by atoms with Gasteiger partial charge in [0.1, 0.15) is 12.5 Å². The average molecular weight is 277 g/mol. The maximum absolute atomic E-state index is 12.1. The highest BCUT2D eigenvalue weighted by Gasteiger charge is 2.31. The van der Waals surface area contributed by atoms with E-state index in [1.165, 1.54) is 18.2 Å². The third-order valence-electron chi connectivity index (χ3n) is 2.57. The van der Waals surface area contributed by atoms with Crippen LogP contribution in [0.5, 0.6) is 5.75 Å². The van der Waals surface area contributed by atoms with E-state index in [0.717, 1.165) is 6.42 Å². The average Bonchev–Trinajstić information content (AvgIpc) is 2.36. The zero-order valence-corrected chi connectivity index (χ0v) is 10.1. The van der Waals surface area contributed by atoms with Gasteiger partial charge < -0.3 is 19.5 Å². The molecule has 0 radical (unpaired) electrons. The van der Waals surface area contributed by atoms with Gasteiger partial charge in [-0.15, -0.1) is 13.2 Å². The van der Waals surface area contributed by atoms with Crippen molar-refractivity contribution in [3.63, 3.8) is 0 Å². The Hall–Kier alpha value is -1.47. The van der Waals surface area contributed by atoms with Crippen LogP contribution in [0.1, 0.15) is 6.42 Å². The Kier molecular flexibility index (Phi) is 4.49. The molecule has 1 aromatic carbocycles. The summed E-state index contributed by atoms with van der Waals surface area (Å²) in [6.07, 6.45) is -3.92. The summed E-state index contributed by atoms with van der Waals surface area (Å²) in [6, 6.07) is 5.72. The standard InChI is InChI=1S/C12H14F3NO3/c13-12(14,15)19-10-3-1-2-9(6-10)16-7-11-4-5-17-8-18-11/h1-3,6,11,16H,4-5,7-8H2. The van der Waals surface area contributed by atoms with Crippen molar-refractivity contribution in [1.82, 2.24) is 0 Å². The fourth-order valence-corrected chi connectivity index (χ4v) is 1.70. The Morgan fingerprint density at radius 2 is 2.21 bits per heavy atom. The molecule has 0 aromatic heterocycles. The molecule has 19 heavy (non-hydrogen) atoms. The van der Waals surface area contributed by atoms with Crippen molar-refractivity contribution in [2.45, 2.75) is 18.9 Å². The van der Waals surface area contributed by atoms with Crippen LogP contribution < -0.4 is 10.1 Å². The molecule has 1 fully saturated rings. The summed E-state index contributed by atoms with van der Waals surface area (Å²) in [4.78, 5) is 0.